The van der Waals surface area contributed by atoms with Gasteiger partial charge in [0, 0.05) is 18.5 Å². The number of fused-ring (bicyclic) bond motifs is 3. The number of amides is 2. The Morgan fingerprint density at radius 1 is 1.19 bits per heavy atom. The maximum Gasteiger partial charge on any atom is 0.326 e. The van der Waals surface area contributed by atoms with Gasteiger partial charge in [-0.15, -0.1) is 9.90 Å². The van der Waals surface area contributed by atoms with Gasteiger partial charge >= 0.3 is 6.03 Å². The molecule has 1 N–H and O–H groups in total. The van der Waals surface area contributed by atoms with Gasteiger partial charge in [-0.2, -0.15) is 14.6 Å². The number of carbonyl (C=O) groups excluding carboxylic acids is 1. The van der Waals surface area contributed by atoms with E-state index in [-0.39, 0.29) is 24.0 Å². The third-order valence-electron chi connectivity index (χ3n) is 4.92. The Morgan fingerprint density at radius 2 is 1.97 bits per heavy atom. The van der Waals surface area contributed by atoms with Crippen LogP contribution in [0.4, 0.5) is 29.3 Å². The molecule has 13 heteroatoms. The zero-order valence-electron chi connectivity index (χ0n) is 15.9. The predicted molar refractivity (Wildman–Crippen MR) is 102 cm³/mol. The van der Waals surface area contributed by atoms with E-state index < -0.39 is 24.0 Å². The molecule has 0 bridgehead atoms. The highest BCUT2D eigenvalue weighted by molar-refractivity contribution is 6.03. The zero-order valence-corrected chi connectivity index (χ0v) is 15.9. The predicted octanol–water partition coefficient (Wildman–Crippen LogP) is 2.94. The summed E-state index contributed by atoms with van der Waals surface area (Å²) in [6, 6.07) is 1.76. The zero-order chi connectivity index (χ0) is 21.7. The SMILES string of the molecule is CC1CN(C(=O)Nc2cnc(-n3nccn3)c(C(F)F)c2)c2cnc3cc(F)nn3c21. The van der Waals surface area contributed by atoms with Gasteiger partial charge in [-0.05, 0) is 6.07 Å². The summed E-state index contributed by atoms with van der Waals surface area (Å²) < 4.78 is 42.0. The summed E-state index contributed by atoms with van der Waals surface area (Å²) in [7, 11) is 0. The van der Waals surface area contributed by atoms with Crippen LogP contribution in [-0.4, -0.2) is 47.2 Å². The lowest BCUT2D eigenvalue weighted by molar-refractivity contribution is 0.150. The quantitative estimate of drug-likeness (QED) is 0.537. The van der Waals surface area contributed by atoms with Crippen LogP contribution in [0.25, 0.3) is 11.5 Å². The molecule has 4 aromatic heterocycles. The maximum absolute atomic E-state index is 13.6. The lowest BCUT2D eigenvalue weighted by Crippen LogP contribution is -2.34. The van der Waals surface area contributed by atoms with Crippen LogP contribution >= 0.6 is 0 Å². The Balaban J connectivity index is 1.45. The van der Waals surface area contributed by atoms with Crippen LogP contribution in [0.1, 0.15) is 30.5 Å². The number of halogens is 3. The molecular formula is C18H14F3N9O. The first-order valence-electron chi connectivity index (χ1n) is 9.20. The molecule has 4 aromatic rings. The van der Waals surface area contributed by atoms with Crippen LogP contribution in [0.2, 0.25) is 0 Å². The minimum absolute atomic E-state index is 0.0801. The topological polar surface area (TPSA) is 106 Å². The number of carbonyl (C=O) groups is 1. The van der Waals surface area contributed by atoms with Crippen LogP contribution < -0.4 is 10.2 Å². The van der Waals surface area contributed by atoms with Crippen LogP contribution in [0.5, 0.6) is 0 Å². The third-order valence-corrected chi connectivity index (χ3v) is 4.92. The first-order valence-corrected chi connectivity index (χ1v) is 9.20. The number of anilines is 2. The fourth-order valence-electron chi connectivity index (χ4n) is 3.62. The molecule has 1 atom stereocenters. The molecule has 5 heterocycles. The molecule has 2 amide bonds. The minimum Gasteiger partial charge on any atom is -0.306 e. The summed E-state index contributed by atoms with van der Waals surface area (Å²) in [5.41, 5.74) is 1.07. The van der Waals surface area contributed by atoms with Gasteiger partial charge in [0.2, 0.25) is 5.95 Å². The van der Waals surface area contributed by atoms with Crippen LogP contribution in [0.3, 0.4) is 0 Å². The van der Waals surface area contributed by atoms with Gasteiger partial charge < -0.3 is 5.32 Å². The number of rotatable bonds is 3. The summed E-state index contributed by atoms with van der Waals surface area (Å²) in [6.07, 6.45) is 2.53. The molecule has 0 aromatic carbocycles. The average molecular weight is 429 g/mol. The van der Waals surface area contributed by atoms with Crippen molar-refractivity contribution >= 4 is 23.1 Å². The maximum atomic E-state index is 13.6. The van der Waals surface area contributed by atoms with E-state index >= 15 is 0 Å². The fourth-order valence-corrected chi connectivity index (χ4v) is 3.62. The van der Waals surface area contributed by atoms with Crippen molar-refractivity contribution in [3.63, 3.8) is 0 Å². The molecule has 0 fully saturated rings. The van der Waals surface area contributed by atoms with Crippen molar-refractivity contribution in [3.8, 4) is 5.82 Å². The Morgan fingerprint density at radius 3 is 2.71 bits per heavy atom. The van der Waals surface area contributed by atoms with Crippen molar-refractivity contribution in [1.29, 1.82) is 0 Å². The molecule has 0 spiro atoms. The van der Waals surface area contributed by atoms with Gasteiger partial charge in [0.1, 0.15) is 0 Å². The first kappa shape index (κ1) is 19.0. The molecule has 31 heavy (non-hydrogen) atoms. The van der Waals surface area contributed by atoms with Crippen molar-refractivity contribution in [3.05, 3.63) is 54.1 Å². The molecule has 0 aliphatic carbocycles. The number of aromatic nitrogens is 7. The van der Waals surface area contributed by atoms with Gasteiger partial charge in [0.15, 0.2) is 11.5 Å². The number of pyridine rings is 1. The summed E-state index contributed by atoms with van der Waals surface area (Å²) in [5.74, 6) is -0.952. The van der Waals surface area contributed by atoms with E-state index in [2.05, 4.69) is 30.6 Å². The van der Waals surface area contributed by atoms with Gasteiger partial charge in [0.05, 0.1) is 47.4 Å². The molecule has 0 saturated heterocycles. The lowest BCUT2D eigenvalue weighted by atomic mass is 10.1. The Labute approximate surface area is 172 Å². The molecule has 5 rings (SSSR count). The molecule has 158 valence electrons. The molecule has 0 radical (unpaired) electrons. The number of urea groups is 1. The normalized spacial score (nSPS) is 15.6. The van der Waals surface area contributed by atoms with Crippen molar-refractivity contribution in [2.45, 2.75) is 19.3 Å². The number of hydrogen-bond donors (Lipinski definition) is 1. The summed E-state index contributed by atoms with van der Waals surface area (Å²) in [4.78, 5) is 23.4. The number of nitrogens with zero attached hydrogens (tertiary/aromatic N) is 8. The van der Waals surface area contributed by atoms with E-state index in [4.69, 9.17) is 0 Å². The van der Waals surface area contributed by atoms with Gasteiger partial charge in [0.25, 0.3) is 6.43 Å². The van der Waals surface area contributed by atoms with Crippen LogP contribution in [0.15, 0.2) is 36.9 Å². The van der Waals surface area contributed by atoms with Gasteiger partial charge in [-0.1, -0.05) is 6.92 Å². The van der Waals surface area contributed by atoms with Crippen molar-refractivity contribution in [2.24, 2.45) is 0 Å². The first-order chi connectivity index (χ1) is 14.9. The lowest BCUT2D eigenvalue weighted by Gasteiger charge is -2.18. The Hall–Kier alpha value is -4.03. The minimum atomic E-state index is -2.86. The number of alkyl halides is 2. The van der Waals surface area contributed by atoms with Crippen molar-refractivity contribution in [1.82, 2.24) is 34.6 Å². The second kappa shape index (κ2) is 7.04. The summed E-state index contributed by atoms with van der Waals surface area (Å²) in [6.45, 7) is 2.15. The van der Waals surface area contributed by atoms with E-state index in [1.54, 1.807) is 0 Å². The number of hydrogen-bond acceptors (Lipinski definition) is 6. The highest BCUT2D eigenvalue weighted by Crippen LogP contribution is 2.36. The van der Waals surface area contributed by atoms with Crippen LogP contribution in [-0.2, 0) is 0 Å². The van der Waals surface area contributed by atoms with Gasteiger partial charge in [-0.25, -0.2) is 28.1 Å². The van der Waals surface area contributed by atoms with Crippen molar-refractivity contribution < 1.29 is 18.0 Å². The summed E-state index contributed by atoms with van der Waals surface area (Å²) in [5, 5.41) is 14.0. The molecule has 10 nitrogen and oxygen atoms in total. The van der Waals surface area contributed by atoms with E-state index in [0.29, 0.717) is 17.0 Å². The fraction of sp³-hybridized carbons (Fsp3) is 0.222. The monoisotopic (exact) mass is 429 g/mol. The van der Waals surface area contributed by atoms with E-state index in [9.17, 15) is 18.0 Å². The highest BCUT2D eigenvalue weighted by Gasteiger charge is 2.33. The molecular weight excluding hydrogens is 415 g/mol. The van der Waals surface area contributed by atoms with E-state index in [1.165, 1.54) is 40.3 Å². The number of nitrogens with one attached hydrogen (secondary N) is 1. The van der Waals surface area contributed by atoms with Crippen LogP contribution in [0, 0.1) is 5.95 Å². The van der Waals surface area contributed by atoms with E-state index in [0.717, 1.165) is 10.9 Å². The smallest absolute Gasteiger partial charge is 0.306 e. The molecule has 1 unspecified atom stereocenters. The standard InChI is InChI=1S/C18H14F3N9O/c1-9-8-28(12-7-22-14-5-13(19)27-29(14)15(9)12)18(31)26-10-4-11(16(20)21)17(23-6-10)30-24-2-3-25-30/h2-7,9,16H,8H2,1H3,(H,26,31). The van der Waals surface area contributed by atoms with E-state index in [1.807, 2.05) is 6.92 Å². The van der Waals surface area contributed by atoms with Gasteiger partial charge in [-0.3, -0.25) is 4.90 Å². The second-order valence-corrected chi connectivity index (χ2v) is 6.96. The Bertz CT molecular complexity index is 1290. The Kier molecular flexibility index (Phi) is 4.30. The molecule has 0 saturated carbocycles. The molecule has 1 aliphatic rings. The summed E-state index contributed by atoms with van der Waals surface area (Å²) >= 11 is 0. The molecule has 1 aliphatic heterocycles. The van der Waals surface area contributed by atoms with Crippen molar-refractivity contribution in [2.75, 3.05) is 16.8 Å². The third kappa shape index (κ3) is 3.14. The average Bonchev–Trinajstić information content (AvgIpc) is 3.46. The largest absolute Gasteiger partial charge is 0.326 e. The highest BCUT2D eigenvalue weighted by atomic mass is 19.3. The second-order valence-electron chi connectivity index (χ2n) is 6.96.